The quantitative estimate of drug-likeness (QED) is 0.335. The summed E-state index contributed by atoms with van der Waals surface area (Å²) in [5.74, 6) is 30.9. The summed E-state index contributed by atoms with van der Waals surface area (Å²) >= 11 is 0. The van der Waals surface area contributed by atoms with Gasteiger partial charge in [0.2, 0.25) is 0 Å². The Bertz CT molecular complexity index is 1360. The maximum absolute atomic E-state index is 10.9. The average molecular weight is 494 g/mol. The van der Waals surface area contributed by atoms with Gasteiger partial charge in [-0.15, -0.1) is 0 Å². The Hall–Kier alpha value is 0.375. The smallest absolute Gasteiger partial charge is 0.117 e. The van der Waals surface area contributed by atoms with Gasteiger partial charge in [-0.2, -0.15) is 0 Å². The third-order valence-corrected chi connectivity index (χ3v) is 26.6. The van der Waals surface area contributed by atoms with Gasteiger partial charge < -0.3 is 5.11 Å². The van der Waals surface area contributed by atoms with E-state index in [4.69, 9.17) is 0 Å². The van der Waals surface area contributed by atoms with E-state index in [1.165, 1.54) is 106 Å². The molecule has 185 valence electrons. The molecule has 1 radical (unpaired) electrons. The molecule has 16 fully saturated rings. The zero-order valence-electron chi connectivity index (χ0n) is 21.4. The first-order chi connectivity index (χ1) is 17.7. The fourth-order valence-electron chi connectivity index (χ4n) is 21.3. The SMILES string of the molecule is CC1C2C3C4C(C5C6C7C8C9C%10C%11C%12C%13C%14C%15C%16[B]C%16C%15C%14C%13C%12C%11C%10C9C8C7C6C54CO)C3S12C. The van der Waals surface area contributed by atoms with E-state index in [0.29, 0.717) is 12.0 Å². The zero-order valence-corrected chi connectivity index (χ0v) is 22.2. The lowest BCUT2D eigenvalue weighted by Gasteiger charge is -3.01. The van der Waals surface area contributed by atoms with Crippen LogP contribution in [0.1, 0.15) is 6.92 Å². The summed E-state index contributed by atoms with van der Waals surface area (Å²) in [5.41, 5.74) is 0.479. The largest absolute Gasteiger partial charge is 0.396 e. The summed E-state index contributed by atoms with van der Waals surface area (Å²) in [6, 6.07) is 0. The molecule has 0 aromatic rings. The van der Waals surface area contributed by atoms with Gasteiger partial charge >= 0.3 is 0 Å². The van der Waals surface area contributed by atoms with Crippen LogP contribution in [0.4, 0.5) is 0 Å². The highest BCUT2D eigenvalue weighted by Gasteiger charge is 3.00. The molecule has 1 N–H and O–H groups in total. The topological polar surface area (TPSA) is 20.2 Å². The van der Waals surface area contributed by atoms with E-state index in [-0.39, 0.29) is 10.0 Å². The predicted molar refractivity (Wildman–Crippen MR) is 137 cm³/mol. The first-order valence-electron chi connectivity index (χ1n) is 16.9. The second-order valence-corrected chi connectivity index (χ2v) is 23.1. The van der Waals surface area contributed by atoms with Crippen molar-refractivity contribution in [2.75, 3.05) is 12.9 Å². The van der Waals surface area contributed by atoms with Gasteiger partial charge in [-0.1, -0.05) is 18.6 Å². The Labute approximate surface area is 216 Å². The Morgan fingerprint density at radius 1 is 0.528 bits per heavy atom. The first kappa shape index (κ1) is 17.2. The van der Waals surface area contributed by atoms with Crippen molar-refractivity contribution >= 4 is 17.3 Å². The summed E-state index contributed by atoms with van der Waals surface area (Å²) < 4.78 is 0. The highest BCUT2D eigenvalue weighted by atomic mass is 32.3. The van der Waals surface area contributed by atoms with Gasteiger partial charge in [0, 0.05) is 17.3 Å². The van der Waals surface area contributed by atoms with Gasteiger partial charge in [-0.05, 0) is 159 Å². The highest BCUT2D eigenvalue weighted by Crippen LogP contribution is 3.05. The molecule has 31 atom stereocenters. The molecule has 3 aliphatic heterocycles. The molecule has 13 aliphatic carbocycles. The summed E-state index contributed by atoms with van der Waals surface area (Å²) in [6.07, 6.45) is 2.74. The molecule has 3 heteroatoms. The number of fused-ring (bicyclic) bond motifs is 43. The molecule has 0 bridgehead atoms. The fraction of sp³-hybridized carbons (Fsp3) is 1.00. The van der Waals surface area contributed by atoms with Crippen LogP contribution in [0, 0.1) is 147 Å². The number of rotatable bonds is 1. The molecular weight excluding hydrogens is 455 g/mol. The van der Waals surface area contributed by atoms with Crippen LogP contribution in [-0.2, 0) is 0 Å². The maximum Gasteiger partial charge on any atom is 0.117 e. The van der Waals surface area contributed by atoms with E-state index in [2.05, 4.69) is 20.5 Å². The molecule has 36 heavy (non-hydrogen) atoms. The lowest BCUT2D eigenvalue weighted by Crippen LogP contribution is -2.98. The third kappa shape index (κ3) is 1.00. The van der Waals surface area contributed by atoms with Crippen LogP contribution in [0.25, 0.3) is 0 Å². The lowest BCUT2D eigenvalue weighted by molar-refractivity contribution is -0.537. The summed E-state index contributed by atoms with van der Waals surface area (Å²) in [6.45, 7) is 3.21. The summed E-state index contributed by atoms with van der Waals surface area (Å²) in [7, 11) is 2.58. The Kier molecular flexibility index (Phi) is 1.95. The molecule has 0 amide bonds. The van der Waals surface area contributed by atoms with Crippen LogP contribution < -0.4 is 0 Å². The Balaban J connectivity index is 0.727. The van der Waals surface area contributed by atoms with Crippen molar-refractivity contribution in [2.24, 2.45) is 147 Å². The lowest BCUT2D eigenvalue weighted by atomic mass is 9.04. The van der Waals surface area contributed by atoms with Gasteiger partial charge in [0.1, 0.15) is 7.28 Å². The van der Waals surface area contributed by atoms with Crippen molar-refractivity contribution in [3.63, 3.8) is 0 Å². The molecule has 13 saturated carbocycles. The zero-order chi connectivity index (χ0) is 22.2. The predicted octanol–water partition coefficient (Wildman–Crippen LogP) is 3.81. The van der Waals surface area contributed by atoms with Gasteiger partial charge in [0.25, 0.3) is 0 Å². The van der Waals surface area contributed by atoms with Crippen molar-refractivity contribution in [1.82, 2.24) is 0 Å². The molecule has 1 nitrogen and oxygen atoms in total. The van der Waals surface area contributed by atoms with E-state index >= 15 is 0 Å². The number of aliphatic hydroxyl groups excluding tert-OH is 1. The van der Waals surface area contributed by atoms with E-state index < -0.39 is 0 Å². The van der Waals surface area contributed by atoms with E-state index in [1.54, 1.807) is 0 Å². The van der Waals surface area contributed by atoms with E-state index in [9.17, 15) is 5.11 Å². The Morgan fingerprint density at radius 2 is 0.944 bits per heavy atom. The van der Waals surface area contributed by atoms with Crippen LogP contribution in [0.3, 0.4) is 0 Å². The van der Waals surface area contributed by atoms with E-state index in [0.717, 1.165) is 63.6 Å². The normalized spacial score (nSPS) is 100. The van der Waals surface area contributed by atoms with Crippen LogP contribution in [0.5, 0.6) is 0 Å². The molecular formula is C33H38BOS. The molecule has 0 spiro atoms. The van der Waals surface area contributed by atoms with Crippen molar-refractivity contribution < 1.29 is 5.11 Å². The van der Waals surface area contributed by atoms with Crippen LogP contribution >= 0.6 is 10.0 Å². The first-order valence-corrected chi connectivity index (χ1v) is 19.1. The molecule has 3 saturated heterocycles. The van der Waals surface area contributed by atoms with Crippen LogP contribution in [-0.4, -0.2) is 41.0 Å². The highest BCUT2D eigenvalue weighted by molar-refractivity contribution is 8.41. The van der Waals surface area contributed by atoms with Crippen LogP contribution in [0.2, 0.25) is 11.6 Å². The molecule has 16 aliphatic rings. The number of hydrogen-bond acceptors (Lipinski definition) is 1. The maximum atomic E-state index is 10.9. The standard InChI is InChI=1S/C33H38BOS/c1-4-31-25-28-24(32(25)36(4,31)2)27-23-19-15-11-7-5-6(8(7)12(11)16(15)20(19)26(23)33(27,28)3-35)10-9(5)13-14(10)18-17(13)21-22(18)30-29(21)34-30/h4-32,35H,3H2,1-2H3. The minimum Gasteiger partial charge on any atom is -0.396 e. The van der Waals surface area contributed by atoms with Crippen molar-refractivity contribution in [3.05, 3.63) is 0 Å². The van der Waals surface area contributed by atoms with Crippen molar-refractivity contribution in [1.29, 1.82) is 0 Å². The molecule has 0 aromatic heterocycles. The third-order valence-electron chi connectivity index (χ3n) is 21.3. The summed E-state index contributed by atoms with van der Waals surface area (Å²) in [4.78, 5) is 0. The van der Waals surface area contributed by atoms with Gasteiger partial charge in [0.05, 0.1) is 0 Å². The molecule has 0 aromatic carbocycles. The van der Waals surface area contributed by atoms with Crippen molar-refractivity contribution in [3.8, 4) is 0 Å². The fourth-order valence-corrected chi connectivity index (χ4v) is 26.9. The Morgan fingerprint density at radius 3 is 1.47 bits per heavy atom. The van der Waals surface area contributed by atoms with Gasteiger partial charge in [0.15, 0.2) is 0 Å². The monoisotopic (exact) mass is 493 g/mol. The molecule has 3 heterocycles. The second-order valence-electron chi connectivity index (χ2n) is 19.1. The number of hydrogen-bond donors (Lipinski definition) is 1. The van der Waals surface area contributed by atoms with Crippen LogP contribution in [0.15, 0.2) is 0 Å². The molecule has 31 unspecified atom stereocenters. The minimum atomic E-state index is -0.185. The molecule has 16 rings (SSSR count). The average Bonchev–Trinajstić information content (AvgIpc) is 3.63. The number of aliphatic hydroxyl groups is 1. The summed E-state index contributed by atoms with van der Waals surface area (Å²) in [5, 5.41) is 14.4. The van der Waals surface area contributed by atoms with E-state index in [1.807, 2.05) is 0 Å². The van der Waals surface area contributed by atoms with Gasteiger partial charge in [-0.3, -0.25) is 0 Å². The minimum absolute atomic E-state index is 0.185. The second kappa shape index (κ2) is 4.07. The van der Waals surface area contributed by atoms with Crippen molar-refractivity contribution in [2.45, 2.75) is 34.3 Å². The van der Waals surface area contributed by atoms with Gasteiger partial charge in [-0.25, -0.2) is 10.0 Å².